The van der Waals surface area contributed by atoms with Crippen molar-refractivity contribution in [3.05, 3.63) is 50.9 Å². The van der Waals surface area contributed by atoms with Crippen LogP contribution in [-0.4, -0.2) is 10.8 Å². The number of nitrogens with two attached hydrogens (primary N) is 1. The first-order valence-corrected chi connectivity index (χ1v) is 5.91. The summed E-state index contributed by atoms with van der Waals surface area (Å²) in [5.74, 6) is -0.104. The fourth-order valence-corrected chi connectivity index (χ4v) is 2.04. The van der Waals surface area contributed by atoms with Gasteiger partial charge in [0, 0.05) is 22.5 Å². The van der Waals surface area contributed by atoms with E-state index >= 15 is 0 Å². The lowest BCUT2D eigenvalue weighted by Gasteiger charge is -1.97. The lowest BCUT2D eigenvalue weighted by Crippen LogP contribution is -2.03. The molecule has 2 aromatic rings. The van der Waals surface area contributed by atoms with E-state index in [0.717, 1.165) is 5.01 Å². The van der Waals surface area contributed by atoms with Gasteiger partial charge in [-0.1, -0.05) is 11.6 Å². The van der Waals surface area contributed by atoms with Crippen molar-refractivity contribution >= 4 is 28.7 Å². The number of hydrogen-bond donors (Lipinski definition) is 1. The number of halogens is 1. The van der Waals surface area contributed by atoms with Crippen LogP contribution >= 0.6 is 22.9 Å². The maximum Gasteiger partial charge on any atom is 0.212 e. The van der Waals surface area contributed by atoms with E-state index < -0.39 is 0 Å². The van der Waals surface area contributed by atoms with Crippen molar-refractivity contribution in [3.8, 4) is 0 Å². The minimum absolute atomic E-state index is 0.104. The zero-order valence-electron chi connectivity index (χ0n) is 8.31. The Morgan fingerprint density at radius 1 is 1.38 bits per heavy atom. The molecule has 82 valence electrons. The number of thiazole rings is 1. The smallest absolute Gasteiger partial charge is 0.212 e. The van der Waals surface area contributed by atoms with Gasteiger partial charge in [-0.3, -0.25) is 4.79 Å². The topological polar surface area (TPSA) is 56.0 Å². The first-order chi connectivity index (χ1) is 7.70. The molecule has 0 fully saturated rings. The molecule has 3 nitrogen and oxygen atoms in total. The van der Waals surface area contributed by atoms with Gasteiger partial charge in [0.05, 0.1) is 0 Å². The minimum atomic E-state index is -0.104. The van der Waals surface area contributed by atoms with Gasteiger partial charge in [-0.2, -0.15) is 0 Å². The van der Waals surface area contributed by atoms with E-state index in [0.29, 0.717) is 22.8 Å². The molecule has 16 heavy (non-hydrogen) atoms. The van der Waals surface area contributed by atoms with E-state index in [4.69, 9.17) is 17.3 Å². The maximum absolute atomic E-state index is 11.9. The van der Waals surface area contributed by atoms with Crippen LogP contribution in [0.25, 0.3) is 0 Å². The van der Waals surface area contributed by atoms with Gasteiger partial charge in [0.2, 0.25) is 5.78 Å². The first kappa shape index (κ1) is 11.3. The second kappa shape index (κ2) is 4.74. The Morgan fingerprint density at radius 3 is 2.62 bits per heavy atom. The summed E-state index contributed by atoms with van der Waals surface area (Å²) in [4.78, 5) is 16.1. The molecule has 2 rings (SSSR count). The zero-order chi connectivity index (χ0) is 11.5. The fourth-order valence-electron chi connectivity index (χ4n) is 1.26. The number of aromatic nitrogens is 1. The summed E-state index contributed by atoms with van der Waals surface area (Å²) in [5, 5.41) is 3.09. The van der Waals surface area contributed by atoms with Crippen LogP contribution in [0.15, 0.2) is 29.6 Å². The third kappa shape index (κ3) is 2.29. The summed E-state index contributed by atoms with van der Waals surface area (Å²) in [6.45, 7) is 0.360. The highest BCUT2D eigenvalue weighted by Gasteiger charge is 2.12. The summed E-state index contributed by atoms with van der Waals surface area (Å²) >= 11 is 7.14. The molecule has 1 aromatic carbocycles. The predicted molar refractivity (Wildman–Crippen MR) is 64.9 cm³/mol. The summed E-state index contributed by atoms with van der Waals surface area (Å²) in [6, 6.07) is 6.74. The van der Waals surface area contributed by atoms with Crippen LogP contribution in [0.1, 0.15) is 21.1 Å². The number of hydrogen-bond acceptors (Lipinski definition) is 4. The molecule has 0 saturated heterocycles. The SMILES string of the molecule is NCc1nc(C(=O)c2ccc(Cl)cc2)cs1. The Labute approximate surface area is 102 Å². The molecule has 1 aromatic heterocycles. The van der Waals surface area contributed by atoms with Crippen LogP contribution in [0.4, 0.5) is 0 Å². The Bertz CT molecular complexity index is 507. The average molecular weight is 253 g/mol. The molecule has 0 unspecified atom stereocenters. The van der Waals surface area contributed by atoms with Crippen LogP contribution < -0.4 is 5.73 Å². The van der Waals surface area contributed by atoms with Crippen LogP contribution in [0.2, 0.25) is 5.02 Å². The quantitative estimate of drug-likeness (QED) is 0.854. The van der Waals surface area contributed by atoms with Gasteiger partial charge in [-0.05, 0) is 24.3 Å². The van der Waals surface area contributed by atoms with Crippen molar-refractivity contribution in [2.24, 2.45) is 5.73 Å². The monoisotopic (exact) mass is 252 g/mol. The van der Waals surface area contributed by atoms with Gasteiger partial charge in [-0.25, -0.2) is 4.98 Å². The Hall–Kier alpha value is -1.23. The fraction of sp³-hybridized carbons (Fsp3) is 0.0909. The van der Waals surface area contributed by atoms with E-state index in [-0.39, 0.29) is 5.78 Å². The van der Waals surface area contributed by atoms with Crippen molar-refractivity contribution < 1.29 is 4.79 Å². The molecule has 1 heterocycles. The van der Waals surface area contributed by atoms with Crippen molar-refractivity contribution in [2.75, 3.05) is 0 Å². The number of carbonyl (C=O) groups excluding carboxylic acids is 1. The van der Waals surface area contributed by atoms with Crippen LogP contribution in [0.5, 0.6) is 0 Å². The molecule has 5 heteroatoms. The molecule has 0 aliphatic heterocycles. The van der Waals surface area contributed by atoms with Crippen LogP contribution in [0, 0.1) is 0 Å². The molecule has 0 aliphatic carbocycles. The summed E-state index contributed by atoms with van der Waals surface area (Å²) in [7, 11) is 0. The normalized spacial score (nSPS) is 10.4. The molecular weight excluding hydrogens is 244 g/mol. The number of benzene rings is 1. The van der Waals surface area contributed by atoms with Gasteiger partial charge >= 0.3 is 0 Å². The Kier molecular flexibility index (Phi) is 3.33. The lowest BCUT2D eigenvalue weighted by atomic mass is 10.1. The van der Waals surface area contributed by atoms with E-state index in [1.54, 1.807) is 29.6 Å². The number of rotatable bonds is 3. The molecule has 2 N–H and O–H groups in total. The van der Waals surface area contributed by atoms with Gasteiger partial charge in [-0.15, -0.1) is 11.3 Å². The van der Waals surface area contributed by atoms with Crippen LogP contribution in [0.3, 0.4) is 0 Å². The molecule has 0 aliphatic rings. The highest BCUT2D eigenvalue weighted by atomic mass is 35.5. The standard InChI is InChI=1S/C11H9ClN2OS/c12-8-3-1-7(2-4-8)11(15)9-6-16-10(5-13)14-9/h1-4,6H,5,13H2. The number of ketones is 1. The highest BCUT2D eigenvalue weighted by molar-refractivity contribution is 7.09. The minimum Gasteiger partial charge on any atom is -0.325 e. The molecule has 0 amide bonds. The van der Waals surface area contributed by atoms with E-state index in [1.807, 2.05) is 0 Å². The second-order valence-corrected chi connectivity index (χ2v) is 4.55. The average Bonchev–Trinajstić information content (AvgIpc) is 2.77. The summed E-state index contributed by atoms with van der Waals surface area (Å²) in [6.07, 6.45) is 0. The first-order valence-electron chi connectivity index (χ1n) is 4.65. The van der Waals surface area contributed by atoms with E-state index in [2.05, 4.69) is 4.98 Å². The molecule has 0 saturated carbocycles. The molecule has 0 spiro atoms. The molecule has 0 atom stereocenters. The predicted octanol–water partition coefficient (Wildman–Crippen LogP) is 2.49. The number of carbonyl (C=O) groups is 1. The van der Waals surface area contributed by atoms with Gasteiger partial charge in [0.25, 0.3) is 0 Å². The summed E-state index contributed by atoms with van der Waals surface area (Å²) < 4.78 is 0. The van der Waals surface area contributed by atoms with Gasteiger partial charge in [0.1, 0.15) is 10.7 Å². The van der Waals surface area contributed by atoms with E-state index in [9.17, 15) is 4.79 Å². The number of nitrogens with zero attached hydrogens (tertiary/aromatic N) is 1. The lowest BCUT2D eigenvalue weighted by molar-refractivity contribution is 0.103. The molecule has 0 bridgehead atoms. The zero-order valence-corrected chi connectivity index (χ0v) is 9.89. The molecule has 0 radical (unpaired) electrons. The van der Waals surface area contributed by atoms with Gasteiger partial charge < -0.3 is 5.73 Å². The van der Waals surface area contributed by atoms with Crippen molar-refractivity contribution in [1.29, 1.82) is 0 Å². The molecular formula is C11H9ClN2OS. The van der Waals surface area contributed by atoms with Crippen molar-refractivity contribution in [2.45, 2.75) is 6.54 Å². The Balaban J connectivity index is 2.28. The Morgan fingerprint density at radius 2 is 2.06 bits per heavy atom. The van der Waals surface area contributed by atoms with Crippen molar-refractivity contribution in [1.82, 2.24) is 4.98 Å². The third-order valence-corrected chi connectivity index (χ3v) is 3.19. The summed E-state index contributed by atoms with van der Waals surface area (Å²) in [5.41, 5.74) is 6.46. The largest absolute Gasteiger partial charge is 0.325 e. The van der Waals surface area contributed by atoms with Crippen molar-refractivity contribution in [3.63, 3.8) is 0 Å². The highest BCUT2D eigenvalue weighted by Crippen LogP contribution is 2.15. The third-order valence-electron chi connectivity index (χ3n) is 2.07. The van der Waals surface area contributed by atoms with Gasteiger partial charge in [0.15, 0.2) is 0 Å². The van der Waals surface area contributed by atoms with Crippen LogP contribution in [-0.2, 0) is 6.54 Å². The second-order valence-electron chi connectivity index (χ2n) is 3.17. The maximum atomic E-state index is 11.9. The van der Waals surface area contributed by atoms with E-state index in [1.165, 1.54) is 11.3 Å².